The maximum atomic E-state index is 10.3. The van der Waals surface area contributed by atoms with Crippen molar-refractivity contribution in [2.45, 2.75) is 25.3 Å². The third-order valence-electron chi connectivity index (χ3n) is 1.55. The number of hydrogen-bond acceptors (Lipinski definition) is 2. The Morgan fingerprint density at radius 3 is 2.73 bits per heavy atom. The van der Waals surface area contributed by atoms with Crippen molar-refractivity contribution in [1.29, 1.82) is 0 Å². The van der Waals surface area contributed by atoms with Crippen molar-refractivity contribution in [1.82, 2.24) is 4.72 Å². The summed E-state index contributed by atoms with van der Waals surface area (Å²) in [5.41, 5.74) is 0. The third-order valence-corrected chi connectivity index (χ3v) is 2.16. The van der Waals surface area contributed by atoms with Crippen LogP contribution < -0.4 is 4.72 Å². The first kappa shape index (κ1) is 8.70. The standard InChI is InChI=1S/C6H11NO3S/c8-11(9,10)7-6-4-2-1-3-5-6/h2,4,6-7H,1,3,5H2,(H,8,9,10). The normalized spacial score (nSPS) is 25.4. The highest BCUT2D eigenvalue weighted by molar-refractivity contribution is 7.83. The molecule has 1 atom stereocenters. The van der Waals surface area contributed by atoms with Crippen LogP contribution in [0.5, 0.6) is 0 Å². The third kappa shape index (κ3) is 3.50. The van der Waals surface area contributed by atoms with E-state index in [-0.39, 0.29) is 6.04 Å². The minimum atomic E-state index is -4.02. The molecule has 5 heteroatoms. The molecule has 0 bridgehead atoms. The van der Waals surface area contributed by atoms with Crippen molar-refractivity contribution in [2.24, 2.45) is 0 Å². The summed E-state index contributed by atoms with van der Waals surface area (Å²) >= 11 is 0. The lowest BCUT2D eigenvalue weighted by molar-refractivity contribution is 0.453. The summed E-state index contributed by atoms with van der Waals surface area (Å²) in [6, 6.07) is -0.223. The molecule has 0 aromatic rings. The molecule has 0 amide bonds. The van der Waals surface area contributed by atoms with Gasteiger partial charge in [0.1, 0.15) is 0 Å². The molecule has 1 rings (SSSR count). The highest BCUT2D eigenvalue weighted by atomic mass is 32.2. The van der Waals surface area contributed by atoms with Gasteiger partial charge in [-0.1, -0.05) is 12.2 Å². The van der Waals surface area contributed by atoms with E-state index >= 15 is 0 Å². The Hall–Kier alpha value is -0.390. The van der Waals surface area contributed by atoms with Gasteiger partial charge in [-0.2, -0.15) is 13.1 Å². The van der Waals surface area contributed by atoms with E-state index in [9.17, 15) is 8.42 Å². The van der Waals surface area contributed by atoms with Crippen LogP contribution in [0.1, 0.15) is 19.3 Å². The lowest BCUT2D eigenvalue weighted by Crippen LogP contribution is -2.33. The van der Waals surface area contributed by atoms with Crippen molar-refractivity contribution >= 4 is 10.3 Å². The first-order valence-corrected chi connectivity index (χ1v) is 4.93. The van der Waals surface area contributed by atoms with Crippen molar-refractivity contribution < 1.29 is 13.0 Å². The molecule has 11 heavy (non-hydrogen) atoms. The molecule has 0 radical (unpaired) electrons. The van der Waals surface area contributed by atoms with E-state index in [0.29, 0.717) is 0 Å². The lowest BCUT2D eigenvalue weighted by atomic mass is 10.0. The van der Waals surface area contributed by atoms with Gasteiger partial charge in [0.15, 0.2) is 0 Å². The molecule has 0 aromatic carbocycles. The summed E-state index contributed by atoms with van der Waals surface area (Å²) in [6.07, 6.45) is 6.38. The number of allylic oxidation sites excluding steroid dienone is 1. The SMILES string of the molecule is O=S(=O)(O)NC1C=CCCC1. The van der Waals surface area contributed by atoms with Gasteiger partial charge in [0.05, 0.1) is 0 Å². The molecular formula is C6H11NO3S. The summed E-state index contributed by atoms with van der Waals surface area (Å²) < 4.78 is 31.1. The summed E-state index contributed by atoms with van der Waals surface area (Å²) in [5, 5.41) is 0. The maximum absolute atomic E-state index is 10.3. The molecule has 1 aliphatic carbocycles. The van der Waals surface area contributed by atoms with E-state index in [1.807, 2.05) is 6.08 Å². The Kier molecular flexibility index (Phi) is 2.64. The second kappa shape index (κ2) is 3.34. The van der Waals surface area contributed by atoms with Gasteiger partial charge in [0.25, 0.3) is 0 Å². The number of hydrogen-bond donors (Lipinski definition) is 2. The molecule has 0 saturated carbocycles. The van der Waals surface area contributed by atoms with Crippen LogP contribution in [0.25, 0.3) is 0 Å². The van der Waals surface area contributed by atoms with Crippen LogP contribution in [0.2, 0.25) is 0 Å². The van der Waals surface area contributed by atoms with Crippen LogP contribution in [0, 0.1) is 0 Å². The maximum Gasteiger partial charge on any atom is 0.333 e. The van der Waals surface area contributed by atoms with Crippen LogP contribution in [0.4, 0.5) is 0 Å². The fourth-order valence-corrected chi connectivity index (χ4v) is 1.68. The molecular weight excluding hydrogens is 166 g/mol. The minimum Gasteiger partial charge on any atom is -0.273 e. The second-order valence-corrected chi connectivity index (χ2v) is 3.74. The van der Waals surface area contributed by atoms with Crippen LogP contribution in [-0.2, 0) is 10.3 Å². The number of rotatable bonds is 2. The number of nitrogens with one attached hydrogen (secondary N) is 1. The molecule has 0 spiro atoms. The van der Waals surface area contributed by atoms with Crippen LogP contribution >= 0.6 is 0 Å². The smallest absolute Gasteiger partial charge is 0.273 e. The quantitative estimate of drug-likeness (QED) is 0.476. The highest BCUT2D eigenvalue weighted by Crippen LogP contribution is 2.10. The van der Waals surface area contributed by atoms with E-state index in [2.05, 4.69) is 4.72 Å². The van der Waals surface area contributed by atoms with Gasteiger partial charge in [0.2, 0.25) is 0 Å². The summed E-state index contributed by atoms with van der Waals surface area (Å²) in [6.45, 7) is 0. The monoisotopic (exact) mass is 177 g/mol. The fraction of sp³-hybridized carbons (Fsp3) is 0.667. The molecule has 0 saturated heterocycles. The topological polar surface area (TPSA) is 66.4 Å². The van der Waals surface area contributed by atoms with Gasteiger partial charge in [-0.25, -0.2) is 0 Å². The largest absolute Gasteiger partial charge is 0.333 e. The molecule has 1 aliphatic rings. The van der Waals surface area contributed by atoms with Gasteiger partial charge >= 0.3 is 10.3 Å². The molecule has 2 N–H and O–H groups in total. The van der Waals surface area contributed by atoms with E-state index in [0.717, 1.165) is 19.3 Å². The zero-order chi connectivity index (χ0) is 8.32. The Bertz CT molecular complexity index is 245. The molecule has 0 aromatic heterocycles. The van der Waals surface area contributed by atoms with E-state index < -0.39 is 10.3 Å². The van der Waals surface area contributed by atoms with Crippen LogP contribution in [-0.4, -0.2) is 19.0 Å². The van der Waals surface area contributed by atoms with Crippen molar-refractivity contribution in [3.63, 3.8) is 0 Å². The molecule has 1 unspecified atom stereocenters. The van der Waals surface area contributed by atoms with Crippen LogP contribution in [0.3, 0.4) is 0 Å². The van der Waals surface area contributed by atoms with Gasteiger partial charge in [-0.05, 0) is 19.3 Å². The molecule has 64 valence electrons. The van der Waals surface area contributed by atoms with E-state index in [4.69, 9.17) is 4.55 Å². The van der Waals surface area contributed by atoms with E-state index in [1.165, 1.54) is 0 Å². The Balaban J connectivity index is 2.49. The van der Waals surface area contributed by atoms with Gasteiger partial charge < -0.3 is 0 Å². The van der Waals surface area contributed by atoms with Gasteiger partial charge in [-0.15, -0.1) is 0 Å². The zero-order valence-corrected chi connectivity index (χ0v) is 6.84. The minimum absolute atomic E-state index is 0.223. The first-order valence-electron chi connectivity index (χ1n) is 3.49. The van der Waals surface area contributed by atoms with Crippen molar-refractivity contribution in [2.75, 3.05) is 0 Å². The first-order chi connectivity index (χ1) is 5.08. The summed E-state index contributed by atoms with van der Waals surface area (Å²) in [7, 11) is -4.02. The summed E-state index contributed by atoms with van der Waals surface area (Å²) in [4.78, 5) is 0. The average molecular weight is 177 g/mol. The second-order valence-electron chi connectivity index (χ2n) is 2.56. The van der Waals surface area contributed by atoms with E-state index in [1.54, 1.807) is 6.08 Å². The van der Waals surface area contributed by atoms with Crippen molar-refractivity contribution in [3.8, 4) is 0 Å². The average Bonchev–Trinajstić information content (AvgIpc) is 1.85. The van der Waals surface area contributed by atoms with Gasteiger partial charge in [0, 0.05) is 6.04 Å². The molecule has 0 aliphatic heterocycles. The Morgan fingerprint density at radius 1 is 1.55 bits per heavy atom. The predicted octanol–water partition coefficient (Wildman–Crippen LogP) is 0.488. The summed E-state index contributed by atoms with van der Waals surface area (Å²) in [5.74, 6) is 0. The molecule has 4 nitrogen and oxygen atoms in total. The fourth-order valence-electron chi connectivity index (χ4n) is 1.10. The predicted molar refractivity (Wildman–Crippen MR) is 41.5 cm³/mol. The van der Waals surface area contributed by atoms with Crippen molar-refractivity contribution in [3.05, 3.63) is 12.2 Å². The highest BCUT2D eigenvalue weighted by Gasteiger charge is 2.13. The molecule has 0 fully saturated rings. The molecule has 0 heterocycles. The van der Waals surface area contributed by atoms with Crippen LogP contribution in [0.15, 0.2) is 12.2 Å². The lowest BCUT2D eigenvalue weighted by Gasteiger charge is -2.15. The zero-order valence-electron chi connectivity index (χ0n) is 6.03. The Labute approximate surface area is 66.2 Å². The Morgan fingerprint density at radius 2 is 2.27 bits per heavy atom. The van der Waals surface area contributed by atoms with Gasteiger partial charge in [-0.3, -0.25) is 4.55 Å².